The highest BCUT2D eigenvalue weighted by atomic mass is 35.5. The number of nitrogens with zero attached hydrogens (tertiary/aromatic N) is 4. The van der Waals surface area contributed by atoms with Crippen molar-refractivity contribution in [2.45, 2.75) is 33.4 Å². The number of benzene rings is 1. The van der Waals surface area contributed by atoms with Gasteiger partial charge in [-0.1, -0.05) is 29.3 Å². The highest BCUT2D eigenvalue weighted by molar-refractivity contribution is 6.31. The summed E-state index contributed by atoms with van der Waals surface area (Å²) in [4.78, 5) is 12.6. The second-order valence-corrected chi connectivity index (χ2v) is 7.09. The van der Waals surface area contributed by atoms with E-state index < -0.39 is 11.9 Å². The number of aromatic nitrogens is 4. The fraction of sp³-hybridized carbons (Fsp3) is 0.278. The lowest BCUT2D eigenvalue weighted by Gasteiger charge is -2.13. The first-order valence-corrected chi connectivity index (χ1v) is 9.00. The number of rotatable bonds is 5. The van der Waals surface area contributed by atoms with Crippen LogP contribution in [-0.4, -0.2) is 25.5 Å². The second-order valence-electron chi connectivity index (χ2n) is 6.24. The van der Waals surface area contributed by atoms with Crippen molar-refractivity contribution in [1.82, 2.24) is 19.6 Å². The van der Waals surface area contributed by atoms with Gasteiger partial charge in [-0.15, -0.1) is 0 Å². The van der Waals surface area contributed by atoms with Gasteiger partial charge in [0.2, 0.25) is 5.91 Å². The fourth-order valence-electron chi connectivity index (χ4n) is 2.72. The average molecular weight is 410 g/mol. The van der Waals surface area contributed by atoms with Crippen LogP contribution in [0.1, 0.15) is 29.9 Å². The third-order valence-corrected chi connectivity index (χ3v) is 4.86. The molecule has 6 nitrogen and oxygen atoms in total. The van der Waals surface area contributed by atoms with Crippen LogP contribution in [0.25, 0.3) is 0 Å². The topological polar surface area (TPSA) is 64.7 Å². The predicted molar refractivity (Wildman–Crippen MR) is 103 cm³/mol. The maximum atomic E-state index is 13.2. The lowest BCUT2D eigenvalue weighted by atomic mass is 10.2. The van der Waals surface area contributed by atoms with Gasteiger partial charge < -0.3 is 5.32 Å². The van der Waals surface area contributed by atoms with Gasteiger partial charge in [-0.05, 0) is 38.5 Å². The summed E-state index contributed by atoms with van der Waals surface area (Å²) in [6.07, 6.45) is 3.07. The van der Waals surface area contributed by atoms with Crippen LogP contribution in [0.2, 0.25) is 10.0 Å². The van der Waals surface area contributed by atoms with Crippen molar-refractivity contribution >= 4 is 34.8 Å². The number of hydrogen-bond acceptors (Lipinski definition) is 3. The minimum absolute atomic E-state index is 0.236. The van der Waals surface area contributed by atoms with E-state index in [0.717, 1.165) is 11.3 Å². The zero-order chi connectivity index (χ0) is 19.7. The molecule has 0 aliphatic heterocycles. The zero-order valence-corrected chi connectivity index (χ0v) is 16.5. The Bertz CT molecular complexity index is 998. The molecule has 3 rings (SSSR count). The standard InChI is InChI=1S/C18H18Cl2FN5O/c1-10-17(23-18(27)12(3)25-9-14(19)7-22-25)11(2)26(24-10)8-13-4-5-15(21)6-16(13)20/h4-7,9,12H,8H2,1-3H3,(H,23,27). The van der Waals surface area contributed by atoms with Gasteiger partial charge in [-0.25, -0.2) is 4.39 Å². The Hall–Kier alpha value is -2.38. The smallest absolute Gasteiger partial charge is 0.249 e. The molecule has 0 saturated carbocycles. The molecule has 27 heavy (non-hydrogen) atoms. The minimum Gasteiger partial charge on any atom is -0.321 e. The molecule has 0 radical (unpaired) electrons. The second kappa shape index (κ2) is 7.70. The molecule has 2 heterocycles. The van der Waals surface area contributed by atoms with Crippen LogP contribution in [0.5, 0.6) is 0 Å². The summed E-state index contributed by atoms with van der Waals surface area (Å²) in [6, 6.07) is 3.70. The molecule has 1 unspecified atom stereocenters. The summed E-state index contributed by atoms with van der Waals surface area (Å²) in [5.74, 6) is -0.627. The lowest BCUT2D eigenvalue weighted by Crippen LogP contribution is -2.24. The number of halogens is 3. The van der Waals surface area contributed by atoms with Crippen LogP contribution >= 0.6 is 23.2 Å². The van der Waals surface area contributed by atoms with Crippen LogP contribution in [0.4, 0.5) is 10.1 Å². The van der Waals surface area contributed by atoms with Crippen LogP contribution < -0.4 is 5.32 Å². The summed E-state index contributed by atoms with van der Waals surface area (Å²) < 4.78 is 16.4. The number of nitrogens with one attached hydrogen (secondary N) is 1. The van der Waals surface area contributed by atoms with Crippen molar-refractivity contribution in [3.8, 4) is 0 Å². The molecule has 1 amide bonds. The molecular weight excluding hydrogens is 392 g/mol. The van der Waals surface area contributed by atoms with E-state index in [2.05, 4.69) is 15.5 Å². The number of anilines is 1. The number of aryl methyl sites for hydroxylation is 1. The summed E-state index contributed by atoms with van der Waals surface area (Å²) in [7, 11) is 0. The van der Waals surface area contributed by atoms with Crippen LogP contribution in [0, 0.1) is 19.7 Å². The van der Waals surface area contributed by atoms with Gasteiger partial charge >= 0.3 is 0 Å². The molecule has 0 spiro atoms. The molecule has 1 N–H and O–H groups in total. The quantitative estimate of drug-likeness (QED) is 0.679. The first kappa shape index (κ1) is 19.4. The van der Waals surface area contributed by atoms with Crippen LogP contribution in [-0.2, 0) is 11.3 Å². The van der Waals surface area contributed by atoms with Crippen molar-refractivity contribution in [2.24, 2.45) is 0 Å². The van der Waals surface area contributed by atoms with Crippen molar-refractivity contribution in [1.29, 1.82) is 0 Å². The highest BCUT2D eigenvalue weighted by Gasteiger charge is 2.20. The molecule has 2 aromatic heterocycles. The van der Waals surface area contributed by atoms with E-state index in [4.69, 9.17) is 23.2 Å². The molecule has 1 atom stereocenters. The maximum Gasteiger partial charge on any atom is 0.249 e. The van der Waals surface area contributed by atoms with E-state index in [1.165, 1.54) is 23.0 Å². The van der Waals surface area contributed by atoms with Gasteiger partial charge in [0.25, 0.3) is 0 Å². The summed E-state index contributed by atoms with van der Waals surface area (Å²) in [5.41, 5.74) is 2.81. The molecule has 0 fully saturated rings. The van der Waals surface area contributed by atoms with E-state index in [1.807, 2.05) is 6.92 Å². The summed E-state index contributed by atoms with van der Waals surface area (Å²) >= 11 is 12.0. The van der Waals surface area contributed by atoms with Crippen molar-refractivity contribution in [2.75, 3.05) is 5.32 Å². The van der Waals surface area contributed by atoms with Gasteiger partial charge in [0.1, 0.15) is 11.9 Å². The maximum absolute atomic E-state index is 13.2. The molecule has 1 aromatic carbocycles. The highest BCUT2D eigenvalue weighted by Crippen LogP contribution is 2.24. The number of carbonyl (C=O) groups excluding carboxylic acids is 1. The predicted octanol–water partition coefficient (Wildman–Crippen LogP) is 4.39. The molecule has 0 bridgehead atoms. The molecule has 0 aliphatic carbocycles. The fourth-order valence-corrected chi connectivity index (χ4v) is 3.09. The number of carbonyl (C=O) groups is 1. The zero-order valence-electron chi connectivity index (χ0n) is 15.0. The number of hydrogen-bond donors (Lipinski definition) is 1. The molecule has 142 valence electrons. The largest absolute Gasteiger partial charge is 0.321 e. The minimum atomic E-state index is -0.536. The number of amides is 1. The molecule has 0 saturated heterocycles. The Balaban J connectivity index is 1.80. The Morgan fingerprint density at radius 2 is 2.07 bits per heavy atom. The SMILES string of the molecule is Cc1nn(Cc2ccc(F)cc2Cl)c(C)c1NC(=O)C(C)n1cc(Cl)cn1. The Morgan fingerprint density at radius 1 is 1.33 bits per heavy atom. The average Bonchev–Trinajstić information content (AvgIpc) is 3.15. The first-order valence-electron chi connectivity index (χ1n) is 8.24. The first-order chi connectivity index (χ1) is 12.8. The van der Waals surface area contributed by atoms with Crippen molar-refractivity contribution < 1.29 is 9.18 Å². The van der Waals surface area contributed by atoms with Gasteiger partial charge in [0.05, 0.1) is 34.8 Å². The van der Waals surface area contributed by atoms with Gasteiger partial charge in [-0.3, -0.25) is 14.2 Å². The summed E-state index contributed by atoms with van der Waals surface area (Å²) in [6.45, 7) is 5.75. The molecule has 9 heteroatoms. The van der Waals surface area contributed by atoms with Crippen molar-refractivity contribution in [3.63, 3.8) is 0 Å². The van der Waals surface area contributed by atoms with E-state index in [-0.39, 0.29) is 5.91 Å². The monoisotopic (exact) mass is 409 g/mol. The van der Waals surface area contributed by atoms with E-state index >= 15 is 0 Å². The molecular formula is C18H18Cl2FN5O. The molecule has 0 aliphatic rings. The third kappa shape index (κ3) is 4.14. The van der Waals surface area contributed by atoms with E-state index in [9.17, 15) is 9.18 Å². The Morgan fingerprint density at radius 3 is 2.70 bits per heavy atom. The third-order valence-electron chi connectivity index (χ3n) is 4.31. The Kier molecular flexibility index (Phi) is 5.53. The van der Waals surface area contributed by atoms with Crippen molar-refractivity contribution in [3.05, 3.63) is 63.4 Å². The van der Waals surface area contributed by atoms with E-state index in [0.29, 0.717) is 28.0 Å². The Labute approximate surface area is 165 Å². The summed E-state index contributed by atoms with van der Waals surface area (Å²) in [5, 5.41) is 12.2. The molecule has 3 aromatic rings. The van der Waals surface area contributed by atoms with Gasteiger partial charge in [0.15, 0.2) is 0 Å². The van der Waals surface area contributed by atoms with E-state index in [1.54, 1.807) is 30.8 Å². The van der Waals surface area contributed by atoms with Crippen LogP contribution in [0.3, 0.4) is 0 Å². The normalized spacial score (nSPS) is 12.2. The van der Waals surface area contributed by atoms with Gasteiger partial charge in [-0.2, -0.15) is 10.2 Å². The lowest BCUT2D eigenvalue weighted by molar-refractivity contribution is -0.119. The van der Waals surface area contributed by atoms with Crippen LogP contribution in [0.15, 0.2) is 30.6 Å². The van der Waals surface area contributed by atoms with Gasteiger partial charge in [0, 0.05) is 11.2 Å².